The molecule has 0 spiro atoms. The molecule has 0 amide bonds. The minimum atomic E-state index is -0.589. The Morgan fingerprint density at radius 1 is 0.952 bits per heavy atom. The number of hydrogen-bond acceptors (Lipinski definition) is 1. The number of hydrogen-bond donors (Lipinski definition) is 0. The first-order valence-electron chi connectivity index (χ1n) is 7.48. The fraction of sp³-hybridized carbons (Fsp3) is 0.882. The Labute approximate surface area is 146 Å². The van der Waals surface area contributed by atoms with E-state index in [-0.39, 0.29) is 23.9 Å². The van der Waals surface area contributed by atoms with Gasteiger partial charge in [0.15, 0.2) is 0 Å². The van der Waals surface area contributed by atoms with Crippen LogP contribution in [0.3, 0.4) is 0 Å². The van der Waals surface area contributed by atoms with Gasteiger partial charge in [0.25, 0.3) is 0 Å². The normalized spacial score (nSPS) is 13.3. The quantitative estimate of drug-likeness (QED) is 0.198. The van der Waals surface area contributed by atoms with Crippen LogP contribution in [-0.2, 0) is 16.5 Å². The van der Waals surface area contributed by atoms with Gasteiger partial charge in [-0.15, -0.1) is 0 Å². The monoisotopic (exact) mass is 359 g/mol. The van der Waals surface area contributed by atoms with E-state index in [0.29, 0.717) is 22.4 Å². The van der Waals surface area contributed by atoms with Crippen LogP contribution in [0.25, 0.3) is 5.32 Å². The van der Waals surface area contributed by atoms with Gasteiger partial charge in [0.1, 0.15) is 0 Å². The Kier molecular flexibility index (Phi) is 12.8. The molecule has 0 aromatic carbocycles. The maximum absolute atomic E-state index is 4.76. The molecule has 0 bridgehead atoms. The zero-order valence-corrected chi connectivity index (χ0v) is 18.1. The molecule has 4 heteroatoms. The molecule has 0 N–H and O–H groups in total. The summed E-state index contributed by atoms with van der Waals surface area (Å²) in [5.74, 6) is 1.09. The van der Waals surface area contributed by atoms with Crippen molar-refractivity contribution in [1.29, 1.82) is 0 Å². The molecule has 2 nitrogen and oxygen atoms in total. The van der Waals surface area contributed by atoms with Crippen molar-refractivity contribution >= 4 is 13.8 Å². The van der Waals surface area contributed by atoms with Crippen LogP contribution in [0.4, 0.5) is 0 Å². The summed E-state index contributed by atoms with van der Waals surface area (Å²) >= 11 is 0. The van der Waals surface area contributed by atoms with Crippen molar-refractivity contribution in [2.24, 2.45) is 4.99 Å². The maximum Gasteiger partial charge on any atom is 2.00 e. The molecule has 21 heavy (non-hydrogen) atoms. The van der Waals surface area contributed by atoms with Crippen molar-refractivity contribution in [3.05, 3.63) is 12.7 Å². The number of aliphatic imine (C=N–C) groups is 1. The SMILES string of the molecule is CC(C)N=C(C[PH+](C(C)(C)C)C(C)(C)C)[N-]C(C)C.[CH3-].[Ni+2]. The van der Waals surface area contributed by atoms with Crippen molar-refractivity contribution in [1.82, 2.24) is 0 Å². The molecule has 0 radical (unpaired) electrons. The second kappa shape index (κ2) is 10.2. The van der Waals surface area contributed by atoms with E-state index in [1.54, 1.807) is 0 Å². The minimum absolute atomic E-state index is 0. The fourth-order valence-corrected chi connectivity index (χ4v) is 6.34. The van der Waals surface area contributed by atoms with Crippen LogP contribution in [0.5, 0.6) is 0 Å². The Bertz CT molecular complexity index is 285. The Balaban J connectivity index is -0.00000162. The molecule has 0 unspecified atom stereocenters. The summed E-state index contributed by atoms with van der Waals surface area (Å²) in [5.41, 5.74) is 0. The summed E-state index contributed by atoms with van der Waals surface area (Å²) in [7, 11) is -0.589. The van der Waals surface area contributed by atoms with E-state index in [1.165, 1.54) is 0 Å². The third-order valence-corrected chi connectivity index (χ3v) is 7.25. The average molecular weight is 360 g/mol. The van der Waals surface area contributed by atoms with Crippen LogP contribution in [0, 0.1) is 7.43 Å². The first kappa shape index (κ1) is 26.3. The van der Waals surface area contributed by atoms with E-state index in [2.05, 4.69) is 69.2 Å². The first-order valence-corrected chi connectivity index (χ1v) is 9.19. The largest absolute Gasteiger partial charge is 2.00 e. The van der Waals surface area contributed by atoms with Crippen molar-refractivity contribution < 1.29 is 16.5 Å². The Hall–Kier alpha value is 0.394. The van der Waals surface area contributed by atoms with Gasteiger partial charge in [-0.1, -0.05) is 33.5 Å². The van der Waals surface area contributed by atoms with Gasteiger partial charge in [0, 0.05) is 7.92 Å². The standard InChI is InChI=1S/C16H34N2P.CH3.Ni/c1-12(2)17-14(18-13(3)4)11-19(15(5,6)7)16(8,9)10;;/h12-13H,11H2,1-10H3;1H3;/q2*-1;+2/p+1. The summed E-state index contributed by atoms with van der Waals surface area (Å²) in [6.45, 7) is 22.8. The third kappa shape index (κ3) is 11.6. The number of rotatable bonds is 4. The first-order chi connectivity index (χ1) is 8.34. The molecule has 0 aliphatic heterocycles. The Morgan fingerprint density at radius 2 is 1.33 bits per heavy atom. The molecule has 130 valence electrons. The van der Waals surface area contributed by atoms with Crippen molar-refractivity contribution in [2.75, 3.05) is 6.16 Å². The van der Waals surface area contributed by atoms with Gasteiger partial charge >= 0.3 is 16.5 Å². The summed E-state index contributed by atoms with van der Waals surface area (Å²) in [5, 5.41) is 5.50. The Morgan fingerprint density at radius 3 is 1.57 bits per heavy atom. The molecule has 0 aromatic heterocycles. The maximum atomic E-state index is 4.76. The van der Waals surface area contributed by atoms with Gasteiger partial charge in [0.05, 0.1) is 16.5 Å². The topological polar surface area (TPSA) is 26.5 Å². The van der Waals surface area contributed by atoms with Gasteiger partial charge in [-0.05, 0) is 53.6 Å². The predicted octanol–water partition coefficient (Wildman–Crippen LogP) is 5.83. The smallest absolute Gasteiger partial charge is 0.463 e. The van der Waals surface area contributed by atoms with Crippen LogP contribution in [0.2, 0.25) is 0 Å². The molecule has 0 heterocycles. The molecule has 0 atom stereocenters. The number of nitrogens with zero attached hydrogens (tertiary/aromatic N) is 2. The third-order valence-electron chi connectivity index (χ3n) is 2.96. The van der Waals surface area contributed by atoms with Crippen LogP contribution in [0.1, 0.15) is 69.2 Å². The molecule has 0 aromatic rings. The van der Waals surface area contributed by atoms with Crippen molar-refractivity contribution in [3.8, 4) is 0 Å². The van der Waals surface area contributed by atoms with E-state index >= 15 is 0 Å². The van der Waals surface area contributed by atoms with Crippen molar-refractivity contribution in [3.63, 3.8) is 0 Å². The summed E-state index contributed by atoms with van der Waals surface area (Å²) in [4.78, 5) is 4.76. The van der Waals surface area contributed by atoms with E-state index in [4.69, 9.17) is 10.3 Å². The molecular formula is C17H38N2NiP+. The predicted molar refractivity (Wildman–Crippen MR) is 100 cm³/mol. The van der Waals surface area contributed by atoms with E-state index in [9.17, 15) is 0 Å². The van der Waals surface area contributed by atoms with E-state index in [0.717, 1.165) is 12.0 Å². The van der Waals surface area contributed by atoms with Crippen LogP contribution in [0.15, 0.2) is 4.99 Å². The van der Waals surface area contributed by atoms with Gasteiger partial charge in [-0.2, -0.15) is 0 Å². The summed E-state index contributed by atoms with van der Waals surface area (Å²) < 4.78 is 0. The zero-order valence-electron chi connectivity index (χ0n) is 16.1. The van der Waals surface area contributed by atoms with E-state index in [1.807, 2.05) is 0 Å². The second-order valence-electron chi connectivity index (χ2n) is 8.02. The average Bonchev–Trinajstić information content (AvgIpc) is 2.07. The minimum Gasteiger partial charge on any atom is -0.463 e. The molecule has 0 saturated carbocycles. The molecule has 0 aliphatic rings. The van der Waals surface area contributed by atoms with Crippen LogP contribution in [-0.4, -0.2) is 34.4 Å². The zero-order chi connectivity index (χ0) is 15.4. The van der Waals surface area contributed by atoms with Crippen molar-refractivity contribution in [2.45, 2.75) is 91.6 Å². The number of amidine groups is 1. The van der Waals surface area contributed by atoms with Crippen LogP contribution >= 0.6 is 7.92 Å². The molecule has 0 aliphatic carbocycles. The van der Waals surface area contributed by atoms with Gasteiger partial charge in [-0.3, -0.25) is 0 Å². The molecule has 0 rings (SSSR count). The van der Waals surface area contributed by atoms with Gasteiger partial charge in [-0.25, -0.2) is 0 Å². The molecular weight excluding hydrogens is 322 g/mol. The molecule has 0 saturated heterocycles. The van der Waals surface area contributed by atoms with Gasteiger partial charge in [0.2, 0.25) is 0 Å². The van der Waals surface area contributed by atoms with Gasteiger partial charge < -0.3 is 17.7 Å². The fourth-order valence-electron chi connectivity index (χ4n) is 2.53. The van der Waals surface area contributed by atoms with Crippen LogP contribution < -0.4 is 0 Å². The van der Waals surface area contributed by atoms with E-state index < -0.39 is 7.92 Å². The summed E-state index contributed by atoms with van der Waals surface area (Å²) in [6.07, 6.45) is 1.08. The summed E-state index contributed by atoms with van der Waals surface area (Å²) in [6, 6.07) is 0.668. The molecule has 0 fully saturated rings. The second-order valence-corrected chi connectivity index (χ2v) is 12.3.